The van der Waals surface area contributed by atoms with Crippen molar-refractivity contribution in [3.63, 3.8) is 0 Å². The van der Waals surface area contributed by atoms with E-state index in [0.717, 1.165) is 28.5 Å². The Morgan fingerprint density at radius 1 is 1.15 bits per heavy atom. The fraction of sp³-hybridized carbons (Fsp3) is 0.182. The van der Waals surface area contributed by atoms with Gasteiger partial charge >= 0.3 is 5.97 Å². The van der Waals surface area contributed by atoms with Crippen molar-refractivity contribution in [2.45, 2.75) is 13.5 Å². The van der Waals surface area contributed by atoms with E-state index in [1.807, 2.05) is 37.4 Å². The van der Waals surface area contributed by atoms with Crippen molar-refractivity contribution in [1.82, 2.24) is 4.98 Å². The molecule has 138 valence electrons. The normalized spacial score (nSPS) is 10.9. The summed E-state index contributed by atoms with van der Waals surface area (Å²) in [6.45, 7) is 2.95. The molecule has 0 saturated heterocycles. The van der Waals surface area contributed by atoms with Crippen LogP contribution in [0.1, 0.15) is 18.1 Å². The number of rotatable bonds is 7. The second kappa shape index (κ2) is 9.14. The molecule has 0 aliphatic rings. The second-order valence-corrected chi connectivity index (χ2v) is 6.90. The van der Waals surface area contributed by atoms with Gasteiger partial charge in [0.15, 0.2) is 5.13 Å². The van der Waals surface area contributed by atoms with Gasteiger partial charge in [0.25, 0.3) is 0 Å². The molecule has 0 spiro atoms. The van der Waals surface area contributed by atoms with Crippen LogP contribution >= 0.6 is 11.3 Å². The van der Waals surface area contributed by atoms with Gasteiger partial charge in [0.2, 0.25) is 0 Å². The van der Waals surface area contributed by atoms with Crippen LogP contribution in [0.5, 0.6) is 0 Å². The number of anilines is 1. The van der Waals surface area contributed by atoms with Crippen LogP contribution in [0.15, 0.2) is 66.1 Å². The quantitative estimate of drug-likeness (QED) is 0.427. The SMILES string of the molecule is CCOC(=O)/C=C/c1ccc(CN(C)c2nc(-c3ccccc3)cs2)cc1. The Morgan fingerprint density at radius 3 is 2.59 bits per heavy atom. The number of nitrogens with zero attached hydrogens (tertiary/aromatic N) is 2. The van der Waals surface area contributed by atoms with E-state index in [1.165, 1.54) is 11.6 Å². The third-order valence-corrected chi connectivity index (χ3v) is 4.94. The first-order valence-electron chi connectivity index (χ1n) is 8.81. The van der Waals surface area contributed by atoms with Gasteiger partial charge < -0.3 is 9.64 Å². The number of ether oxygens (including phenoxy) is 1. The van der Waals surface area contributed by atoms with Crippen molar-refractivity contribution >= 4 is 28.5 Å². The Morgan fingerprint density at radius 2 is 1.89 bits per heavy atom. The van der Waals surface area contributed by atoms with E-state index < -0.39 is 0 Å². The maximum Gasteiger partial charge on any atom is 0.330 e. The van der Waals surface area contributed by atoms with Crippen LogP contribution in [0.2, 0.25) is 0 Å². The van der Waals surface area contributed by atoms with E-state index in [1.54, 1.807) is 24.3 Å². The first-order chi connectivity index (χ1) is 13.2. The largest absolute Gasteiger partial charge is 0.463 e. The molecule has 1 aromatic heterocycles. The molecule has 0 amide bonds. The zero-order valence-electron chi connectivity index (χ0n) is 15.5. The standard InChI is InChI=1S/C22H22N2O2S/c1-3-26-21(25)14-13-17-9-11-18(12-10-17)15-24(2)22-23-20(16-27-22)19-7-5-4-6-8-19/h4-14,16H,3,15H2,1-2H3/b14-13+. The lowest BCUT2D eigenvalue weighted by Gasteiger charge is -2.15. The third-order valence-electron chi connectivity index (χ3n) is 3.99. The van der Waals surface area contributed by atoms with Gasteiger partial charge in [-0.25, -0.2) is 9.78 Å². The molecule has 3 rings (SSSR count). The molecule has 0 aliphatic heterocycles. The summed E-state index contributed by atoms with van der Waals surface area (Å²) in [5.41, 5.74) is 4.28. The van der Waals surface area contributed by atoms with Gasteiger partial charge in [-0.15, -0.1) is 11.3 Å². The van der Waals surface area contributed by atoms with Gasteiger partial charge in [-0.2, -0.15) is 0 Å². The highest BCUT2D eigenvalue weighted by Crippen LogP contribution is 2.27. The second-order valence-electron chi connectivity index (χ2n) is 6.06. The molecule has 27 heavy (non-hydrogen) atoms. The van der Waals surface area contributed by atoms with Crippen LogP contribution in [0, 0.1) is 0 Å². The Hall–Kier alpha value is -2.92. The molecule has 1 heterocycles. The van der Waals surface area contributed by atoms with Crippen molar-refractivity contribution in [1.29, 1.82) is 0 Å². The maximum atomic E-state index is 11.4. The molecule has 2 aromatic carbocycles. The van der Waals surface area contributed by atoms with Crippen LogP contribution in [-0.4, -0.2) is 24.6 Å². The number of benzene rings is 2. The Kier molecular flexibility index (Phi) is 6.39. The minimum absolute atomic E-state index is 0.320. The molecule has 0 fully saturated rings. The van der Waals surface area contributed by atoms with Gasteiger partial charge in [-0.1, -0.05) is 54.6 Å². The number of carbonyl (C=O) groups is 1. The number of thiazole rings is 1. The molecule has 0 bridgehead atoms. The van der Waals surface area contributed by atoms with Crippen molar-refractivity contribution in [2.75, 3.05) is 18.6 Å². The molecule has 0 saturated carbocycles. The number of carbonyl (C=O) groups excluding carboxylic acids is 1. The summed E-state index contributed by atoms with van der Waals surface area (Å²) in [5.74, 6) is -0.320. The van der Waals surface area contributed by atoms with E-state index in [0.29, 0.717) is 6.61 Å². The van der Waals surface area contributed by atoms with Gasteiger partial charge in [0, 0.05) is 30.6 Å². The maximum absolute atomic E-state index is 11.4. The zero-order valence-corrected chi connectivity index (χ0v) is 16.3. The Bertz CT molecular complexity index is 902. The fourth-order valence-electron chi connectivity index (χ4n) is 2.61. The fourth-order valence-corrected chi connectivity index (χ4v) is 3.41. The summed E-state index contributed by atoms with van der Waals surface area (Å²) in [6, 6.07) is 18.3. The summed E-state index contributed by atoms with van der Waals surface area (Å²) in [5, 5.41) is 3.07. The summed E-state index contributed by atoms with van der Waals surface area (Å²) in [7, 11) is 2.04. The molecule has 0 atom stereocenters. The molecule has 0 radical (unpaired) electrons. The Balaban J connectivity index is 1.62. The highest BCUT2D eigenvalue weighted by Gasteiger charge is 2.09. The molecule has 5 heteroatoms. The molecular formula is C22H22N2O2S. The molecule has 0 unspecified atom stereocenters. The molecular weight excluding hydrogens is 356 g/mol. The molecule has 3 aromatic rings. The van der Waals surface area contributed by atoms with E-state index >= 15 is 0 Å². The zero-order chi connectivity index (χ0) is 19.1. The first-order valence-corrected chi connectivity index (χ1v) is 9.69. The Labute approximate surface area is 163 Å². The van der Waals surface area contributed by atoms with E-state index in [4.69, 9.17) is 9.72 Å². The van der Waals surface area contributed by atoms with Crippen molar-refractivity contribution in [3.8, 4) is 11.3 Å². The van der Waals surface area contributed by atoms with Gasteiger partial charge in [-0.3, -0.25) is 0 Å². The molecule has 4 nitrogen and oxygen atoms in total. The van der Waals surface area contributed by atoms with Crippen LogP contribution < -0.4 is 4.90 Å². The van der Waals surface area contributed by atoms with Gasteiger partial charge in [0.1, 0.15) is 0 Å². The minimum atomic E-state index is -0.320. The monoisotopic (exact) mass is 378 g/mol. The topological polar surface area (TPSA) is 42.4 Å². The van der Waals surface area contributed by atoms with E-state index in [9.17, 15) is 4.79 Å². The highest BCUT2D eigenvalue weighted by molar-refractivity contribution is 7.14. The molecule has 0 aliphatic carbocycles. The van der Waals surface area contributed by atoms with Gasteiger partial charge in [0.05, 0.1) is 12.3 Å². The van der Waals surface area contributed by atoms with Crippen LogP contribution in [0.4, 0.5) is 5.13 Å². The highest BCUT2D eigenvalue weighted by atomic mass is 32.1. The molecule has 0 N–H and O–H groups in total. The number of aromatic nitrogens is 1. The lowest BCUT2D eigenvalue weighted by atomic mass is 10.1. The van der Waals surface area contributed by atoms with Crippen LogP contribution in [-0.2, 0) is 16.1 Å². The van der Waals surface area contributed by atoms with Crippen molar-refractivity contribution in [3.05, 3.63) is 77.2 Å². The average Bonchev–Trinajstić information content (AvgIpc) is 3.19. The van der Waals surface area contributed by atoms with Gasteiger partial charge in [-0.05, 0) is 24.1 Å². The van der Waals surface area contributed by atoms with E-state index in [2.05, 4.69) is 34.5 Å². The first kappa shape index (κ1) is 18.9. The van der Waals surface area contributed by atoms with Crippen LogP contribution in [0.25, 0.3) is 17.3 Å². The number of esters is 1. The van der Waals surface area contributed by atoms with Crippen LogP contribution in [0.3, 0.4) is 0 Å². The summed E-state index contributed by atoms with van der Waals surface area (Å²) in [4.78, 5) is 18.3. The third kappa shape index (κ3) is 5.28. The summed E-state index contributed by atoms with van der Waals surface area (Å²) < 4.78 is 4.88. The summed E-state index contributed by atoms with van der Waals surface area (Å²) >= 11 is 1.64. The minimum Gasteiger partial charge on any atom is -0.463 e. The van der Waals surface area contributed by atoms with E-state index in [-0.39, 0.29) is 5.97 Å². The lowest BCUT2D eigenvalue weighted by Crippen LogP contribution is -2.15. The number of hydrogen-bond acceptors (Lipinski definition) is 5. The smallest absolute Gasteiger partial charge is 0.330 e. The number of hydrogen-bond donors (Lipinski definition) is 0. The van der Waals surface area contributed by atoms with Crippen molar-refractivity contribution in [2.24, 2.45) is 0 Å². The predicted octanol–water partition coefficient (Wildman–Crippen LogP) is 5.02. The summed E-state index contributed by atoms with van der Waals surface area (Å²) in [6.07, 6.45) is 3.21. The lowest BCUT2D eigenvalue weighted by molar-refractivity contribution is -0.137. The predicted molar refractivity (Wildman–Crippen MR) is 112 cm³/mol. The van der Waals surface area contributed by atoms with Crippen molar-refractivity contribution < 1.29 is 9.53 Å². The average molecular weight is 378 g/mol.